The second-order valence-corrected chi connectivity index (χ2v) is 7.73. The SMILES string of the molecule is O=C1CSC(=Nc2cc(Cl)c(Cl)cc2Cl)N1Cc1ccc2c(c1)OCO2. The van der Waals surface area contributed by atoms with Crippen molar-refractivity contribution in [1.29, 1.82) is 0 Å². The fourth-order valence-electron chi connectivity index (χ4n) is 2.56. The number of carbonyl (C=O) groups excluding carboxylic acids is 1. The third-order valence-electron chi connectivity index (χ3n) is 3.84. The second kappa shape index (κ2) is 7.19. The lowest BCUT2D eigenvalue weighted by molar-refractivity contribution is -0.124. The third kappa shape index (κ3) is 3.47. The summed E-state index contributed by atoms with van der Waals surface area (Å²) >= 11 is 19.5. The van der Waals surface area contributed by atoms with Gasteiger partial charge in [0.25, 0.3) is 0 Å². The maximum absolute atomic E-state index is 12.3. The number of hydrogen-bond donors (Lipinski definition) is 0. The van der Waals surface area contributed by atoms with Gasteiger partial charge in [-0.3, -0.25) is 9.69 Å². The average molecular weight is 430 g/mol. The zero-order chi connectivity index (χ0) is 18.3. The Morgan fingerprint density at radius 2 is 1.81 bits per heavy atom. The number of nitrogens with zero attached hydrogens (tertiary/aromatic N) is 2. The molecule has 2 aliphatic heterocycles. The van der Waals surface area contributed by atoms with Crippen LogP contribution in [-0.4, -0.2) is 28.5 Å². The van der Waals surface area contributed by atoms with Gasteiger partial charge in [0.15, 0.2) is 16.7 Å². The molecule has 1 amide bonds. The van der Waals surface area contributed by atoms with Crippen LogP contribution in [0.4, 0.5) is 5.69 Å². The molecular formula is C17H11Cl3N2O3S. The van der Waals surface area contributed by atoms with Gasteiger partial charge in [-0.1, -0.05) is 52.6 Å². The van der Waals surface area contributed by atoms with Crippen molar-refractivity contribution >= 4 is 63.3 Å². The first-order valence-electron chi connectivity index (χ1n) is 7.56. The summed E-state index contributed by atoms with van der Waals surface area (Å²) in [5, 5.41) is 1.64. The molecule has 2 aromatic rings. The summed E-state index contributed by atoms with van der Waals surface area (Å²) in [6.45, 7) is 0.583. The van der Waals surface area contributed by atoms with Gasteiger partial charge in [-0.2, -0.15) is 0 Å². The van der Waals surface area contributed by atoms with E-state index in [0.717, 1.165) is 5.56 Å². The number of hydrogen-bond acceptors (Lipinski definition) is 5. The van der Waals surface area contributed by atoms with Crippen molar-refractivity contribution < 1.29 is 14.3 Å². The summed E-state index contributed by atoms with van der Waals surface area (Å²) in [7, 11) is 0. The normalized spacial score (nSPS) is 17.4. The molecule has 1 fully saturated rings. The molecule has 0 atom stereocenters. The van der Waals surface area contributed by atoms with Gasteiger partial charge in [-0.15, -0.1) is 0 Å². The Morgan fingerprint density at radius 3 is 2.65 bits per heavy atom. The monoisotopic (exact) mass is 428 g/mol. The summed E-state index contributed by atoms with van der Waals surface area (Å²) in [5.41, 5.74) is 1.38. The summed E-state index contributed by atoms with van der Waals surface area (Å²) in [5.74, 6) is 1.67. The molecule has 2 heterocycles. The van der Waals surface area contributed by atoms with Crippen molar-refractivity contribution in [3.63, 3.8) is 0 Å². The van der Waals surface area contributed by atoms with Gasteiger partial charge < -0.3 is 9.47 Å². The third-order valence-corrected chi connectivity index (χ3v) is 5.83. The van der Waals surface area contributed by atoms with Crippen LogP contribution in [0.25, 0.3) is 0 Å². The first kappa shape index (κ1) is 17.8. The standard InChI is InChI=1S/C17H11Cl3N2O3S/c18-10-4-12(20)13(5-11(10)19)21-17-22(16(23)7-26-17)6-9-1-2-14-15(3-9)25-8-24-14/h1-5H,6-8H2. The predicted molar refractivity (Wildman–Crippen MR) is 104 cm³/mol. The van der Waals surface area contributed by atoms with Crippen LogP contribution in [0.15, 0.2) is 35.3 Å². The molecule has 0 unspecified atom stereocenters. The highest BCUT2D eigenvalue weighted by Crippen LogP contribution is 2.37. The first-order chi connectivity index (χ1) is 12.5. The number of ether oxygens (including phenoxy) is 2. The van der Waals surface area contributed by atoms with E-state index in [1.165, 1.54) is 17.8 Å². The number of fused-ring (bicyclic) bond motifs is 1. The van der Waals surface area contributed by atoms with Crippen LogP contribution in [0.5, 0.6) is 11.5 Å². The molecule has 26 heavy (non-hydrogen) atoms. The number of benzene rings is 2. The zero-order valence-electron chi connectivity index (χ0n) is 13.2. The minimum absolute atomic E-state index is 0.0254. The fraction of sp³-hybridized carbons (Fsp3) is 0.176. The van der Waals surface area contributed by atoms with E-state index in [0.29, 0.717) is 49.7 Å². The van der Waals surface area contributed by atoms with Gasteiger partial charge in [0, 0.05) is 0 Å². The molecule has 4 rings (SSSR count). The Morgan fingerprint density at radius 1 is 1.04 bits per heavy atom. The molecule has 0 aliphatic carbocycles. The molecule has 0 spiro atoms. The number of amides is 1. The molecule has 0 aromatic heterocycles. The molecule has 0 radical (unpaired) electrons. The van der Waals surface area contributed by atoms with E-state index >= 15 is 0 Å². The minimum Gasteiger partial charge on any atom is -0.454 e. The van der Waals surface area contributed by atoms with Crippen LogP contribution in [-0.2, 0) is 11.3 Å². The van der Waals surface area contributed by atoms with Crippen molar-refractivity contribution in [2.75, 3.05) is 12.5 Å². The molecule has 0 bridgehead atoms. The molecule has 2 aliphatic rings. The fourth-order valence-corrected chi connectivity index (χ4v) is 4.04. The van der Waals surface area contributed by atoms with E-state index in [9.17, 15) is 4.79 Å². The maximum atomic E-state index is 12.3. The Balaban J connectivity index is 1.62. The lowest BCUT2D eigenvalue weighted by Gasteiger charge is -2.16. The molecule has 0 saturated carbocycles. The Kier molecular flexibility index (Phi) is 4.92. The van der Waals surface area contributed by atoms with Crippen molar-refractivity contribution in [2.45, 2.75) is 6.54 Å². The van der Waals surface area contributed by atoms with Crippen LogP contribution < -0.4 is 9.47 Å². The summed E-state index contributed by atoms with van der Waals surface area (Å²) < 4.78 is 10.7. The predicted octanol–water partition coefficient (Wildman–Crippen LogP) is 5.14. The van der Waals surface area contributed by atoms with Crippen LogP contribution in [0.2, 0.25) is 15.1 Å². The average Bonchev–Trinajstić information content (AvgIpc) is 3.20. The van der Waals surface area contributed by atoms with Crippen molar-refractivity contribution in [1.82, 2.24) is 4.90 Å². The summed E-state index contributed by atoms with van der Waals surface area (Å²) in [6.07, 6.45) is 0. The minimum atomic E-state index is -0.0254. The molecular weight excluding hydrogens is 419 g/mol. The lowest BCUT2D eigenvalue weighted by atomic mass is 10.2. The molecule has 0 N–H and O–H groups in total. The van der Waals surface area contributed by atoms with Gasteiger partial charge in [0.05, 0.1) is 33.1 Å². The number of halogens is 3. The zero-order valence-corrected chi connectivity index (χ0v) is 16.3. The first-order valence-corrected chi connectivity index (χ1v) is 9.68. The van der Waals surface area contributed by atoms with E-state index in [1.54, 1.807) is 11.0 Å². The lowest BCUT2D eigenvalue weighted by Crippen LogP contribution is -2.28. The smallest absolute Gasteiger partial charge is 0.239 e. The summed E-state index contributed by atoms with van der Waals surface area (Å²) in [4.78, 5) is 18.4. The number of rotatable bonds is 3. The Labute approximate surface area is 168 Å². The van der Waals surface area contributed by atoms with Gasteiger partial charge >= 0.3 is 0 Å². The summed E-state index contributed by atoms with van der Waals surface area (Å²) in [6, 6.07) is 8.71. The van der Waals surface area contributed by atoms with Gasteiger partial charge in [0.1, 0.15) is 0 Å². The van der Waals surface area contributed by atoms with Crippen LogP contribution in [0.1, 0.15) is 5.56 Å². The largest absolute Gasteiger partial charge is 0.454 e. The number of thioether (sulfide) groups is 1. The van der Waals surface area contributed by atoms with Gasteiger partial charge in [-0.25, -0.2) is 4.99 Å². The molecule has 1 saturated heterocycles. The molecule has 134 valence electrons. The molecule has 9 heteroatoms. The molecule has 5 nitrogen and oxygen atoms in total. The Bertz CT molecular complexity index is 936. The van der Waals surface area contributed by atoms with Crippen LogP contribution in [0, 0.1) is 0 Å². The van der Waals surface area contributed by atoms with Crippen molar-refractivity contribution in [3.8, 4) is 11.5 Å². The van der Waals surface area contributed by atoms with E-state index < -0.39 is 0 Å². The number of carbonyl (C=O) groups is 1. The number of amidine groups is 1. The van der Waals surface area contributed by atoms with Crippen molar-refractivity contribution in [3.05, 3.63) is 51.0 Å². The number of aliphatic imine (C=N–C) groups is 1. The topological polar surface area (TPSA) is 51.1 Å². The highest BCUT2D eigenvalue weighted by molar-refractivity contribution is 8.15. The highest BCUT2D eigenvalue weighted by atomic mass is 35.5. The van der Waals surface area contributed by atoms with E-state index in [-0.39, 0.29) is 12.7 Å². The van der Waals surface area contributed by atoms with Gasteiger partial charge in [-0.05, 0) is 29.8 Å². The van der Waals surface area contributed by atoms with Crippen LogP contribution in [0.3, 0.4) is 0 Å². The second-order valence-electron chi connectivity index (χ2n) is 5.57. The van der Waals surface area contributed by atoms with Crippen molar-refractivity contribution in [2.24, 2.45) is 4.99 Å². The maximum Gasteiger partial charge on any atom is 0.239 e. The Hall–Kier alpha value is -1.60. The van der Waals surface area contributed by atoms with E-state index in [4.69, 9.17) is 44.3 Å². The van der Waals surface area contributed by atoms with E-state index in [1.807, 2.05) is 18.2 Å². The highest BCUT2D eigenvalue weighted by Gasteiger charge is 2.29. The quantitative estimate of drug-likeness (QED) is 0.634. The van der Waals surface area contributed by atoms with Crippen LogP contribution >= 0.6 is 46.6 Å². The van der Waals surface area contributed by atoms with Gasteiger partial charge in [0.2, 0.25) is 12.7 Å². The molecule has 2 aromatic carbocycles. The van der Waals surface area contributed by atoms with E-state index in [2.05, 4.69) is 4.99 Å².